The van der Waals surface area contributed by atoms with E-state index in [1.807, 2.05) is 23.9 Å². The summed E-state index contributed by atoms with van der Waals surface area (Å²) in [4.78, 5) is 4.72. The van der Waals surface area contributed by atoms with Gasteiger partial charge in [-0.25, -0.2) is 4.98 Å². The van der Waals surface area contributed by atoms with Crippen LogP contribution in [0.5, 0.6) is 0 Å². The number of imidazole rings is 1. The van der Waals surface area contributed by atoms with Gasteiger partial charge in [0, 0.05) is 23.9 Å². The Kier molecular flexibility index (Phi) is 4.17. The Labute approximate surface area is 113 Å². The van der Waals surface area contributed by atoms with Gasteiger partial charge in [-0.2, -0.15) is 11.8 Å². The summed E-state index contributed by atoms with van der Waals surface area (Å²) >= 11 is 1.89. The van der Waals surface area contributed by atoms with E-state index < -0.39 is 0 Å². The molecule has 0 saturated carbocycles. The normalized spacial score (nSPS) is 13.1. The first-order chi connectivity index (χ1) is 8.71. The van der Waals surface area contributed by atoms with E-state index in [2.05, 4.69) is 30.7 Å². The van der Waals surface area contributed by atoms with Crippen molar-refractivity contribution in [1.29, 1.82) is 0 Å². The van der Waals surface area contributed by atoms with Gasteiger partial charge in [-0.3, -0.25) is 0 Å². The van der Waals surface area contributed by atoms with Crippen molar-refractivity contribution in [2.45, 2.75) is 32.7 Å². The van der Waals surface area contributed by atoms with E-state index in [9.17, 15) is 0 Å². The van der Waals surface area contributed by atoms with E-state index in [0.29, 0.717) is 6.04 Å². The molecule has 3 nitrogen and oxygen atoms in total. The molecule has 0 aliphatic carbocycles. The Morgan fingerprint density at radius 1 is 1.39 bits per heavy atom. The van der Waals surface area contributed by atoms with E-state index in [-0.39, 0.29) is 0 Å². The standard InChI is InChI=1S/C14H21N3S/c1-4-11(9-18-3)17-13-7-6-10(15)8-12(13)16-14(17)5-2/h6-8,11H,4-5,9,15H2,1-3H3. The zero-order chi connectivity index (χ0) is 13.1. The van der Waals surface area contributed by atoms with Crippen LogP contribution in [-0.4, -0.2) is 21.6 Å². The summed E-state index contributed by atoms with van der Waals surface area (Å²) in [5, 5.41) is 0. The first-order valence-corrected chi connectivity index (χ1v) is 7.85. The lowest BCUT2D eigenvalue weighted by atomic mass is 10.2. The van der Waals surface area contributed by atoms with Gasteiger partial charge in [-0.05, 0) is 30.9 Å². The number of benzene rings is 1. The molecule has 0 bridgehead atoms. The molecule has 2 rings (SSSR count). The van der Waals surface area contributed by atoms with E-state index in [4.69, 9.17) is 10.7 Å². The molecule has 0 aliphatic heterocycles. The fraction of sp³-hybridized carbons (Fsp3) is 0.500. The average molecular weight is 263 g/mol. The second kappa shape index (κ2) is 5.65. The maximum Gasteiger partial charge on any atom is 0.109 e. The average Bonchev–Trinajstić information content (AvgIpc) is 2.73. The molecule has 0 radical (unpaired) electrons. The van der Waals surface area contributed by atoms with Gasteiger partial charge >= 0.3 is 0 Å². The lowest BCUT2D eigenvalue weighted by molar-refractivity contribution is 0.532. The van der Waals surface area contributed by atoms with Crippen molar-refractivity contribution in [1.82, 2.24) is 9.55 Å². The van der Waals surface area contributed by atoms with Gasteiger partial charge in [0.25, 0.3) is 0 Å². The lowest BCUT2D eigenvalue weighted by Gasteiger charge is -2.19. The predicted octanol–water partition coefficient (Wildman–Crippen LogP) is 3.50. The fourth-order valence-electron chi connectivity index (χ4n) is 2.39. The summed E-state index contributed by atoms with van der Waals surface area (Å²) in [7, 11) is 0. The Hall–Kier alpha value is -1.16. The Balaban J connectivity index is 2.58. The van der Waals surface area contributed by atoms with Crippen molar-refractivity contribution < 1.29 is 0 Å². The topological polar surface area (TPSA) is 43.8 Å². The van der Waals surface area contributed by atoms with Gasteiger partial charge in [0.05, 0.1) is 11.0 Å². The summed E-state index contributed by atoms with van der Waals surface area (Å²) in [5.41, 5.74) is 8.85. The largest absolute Gasteiger partial charge is 0.399 e. The number of nitrogens with zero attached hydrogens (tertiary/aromatic N) is 2. The molecule has 0 saturated heterocycles. The molecule has 1 unspecified atom stereocenters. The van der Waals surface area contributed by atoms with Gasteiger partial charge in [0.2, 0.25) is 0 Å². The molecule has 2 N–H and O–H groups in total. The SMILES string of the molecule is CCc1nc2cc(N)ccc2n1C(CC)CSC. The fourth-order valence-corrected chi connectivity index (χ4v) is 3.16. The van der Waals surface area contributed by atoms with E-state index in [1.54, 1.807) is 0 Å². The molecular weight excluding hydrogens is 242 g/mol. The van der Waals surface area contributed by atoms with Gasteiger partial charge in [0.15, 0.2) is 0 Å². The molecule has 98 valence electrons. The summed E-state index contributed by atoms with van der Waals surface area (Å²) in [6.45, 7) is 4.40. The summed E-state index contributed by atoms with van der Waals surface area (Å²) in [6.07, 6.45) is 4.24. The third-order valence-electron chi connectivity index (χ3n) is 3.30. The van der Waals surface area contributed by atoms with Crippen LogP contribution in [0.4, 0.5) is 5.69 Å². The number of aromatic nitrogens is 2. The molecule has 18 heavy (non-hydrogen) atoms. The maximum absolute atomic E-state index is 5.84. The van der Waals surface area contributed by atoms with Gasteiger partial charge < -0.3 is 10.3 Å². The van der Waals surface area contributed by atoms with Crippen molar-refractivity contribution in [2.75, 3.05) is 17.7 Å². The number of hydrogen-bond donors (Lipinski definition) is 1. The molecule has 2 aromatic rings. The van der Waals surface area contributed by atoms with Gasteiger partial charge in [0.1, 0.15) is 5.82 Å². The molecular formula is C14H21N3S. The first kappa shape index (κ1) is 13.3. The highest BCUT2D eigenvalue weighted by molar-refractivity contribution is 7.98. The molecule has 1 aromatic carbocycles. The molecule has 0 aliphatic rings. The smallest absolute Gasteiger partial charge is 0.109 e. The van der Waals surface area contributed by atoms with Crippen LogP contribution in [0.1, 0.15) is 32.1 Å². The zero-order valence-corrected chi connectivity index (χ0v) is 12.1. The number of hydrogen-bond acceptors (Lipinski definition) is 3. The highest BCUT2D eigenvalue weighted by atomic mass is 32.2. The maximum atomic E-state index is 5.84. The molecule has 0 fully saturated rings. The van der Waals surface area contributed by atoms with Crippen molar-refractivity contribution >= 4 is 28.5 Å². The number of fused-ring (bicyclic) bond motifs is 1. The van der Waals surface area contributed by atoms with Crippen LogP contribution in [0.2, 0.25) is 0 Å². The van der Waals surface area contributed by atoms with Crippen LogP contribution < -0.4 is 5.73 Å². The van der Waals surface area contributed by atoms with Crippen LogP contribution in [0.3, 0.4) is 0 Å². The molecule has 1 aromatic heterocycles. The van der Waals surface area contributed by atoms with Crippen LogP contribution in [0, 0.1) is 0 Å². The number of thioether (sulfide) groups is 1. The van der Waals surface area contributed by atoms with Gasteiger partial charge in [-0.15, -0.1) is 0 Å². The van der Waals surface area contributed by atoms with E-state index in [0.717, 1.165) is 35.6 Å². The number of aryl methyl sites for hydroxylation is 1. The monoisotopic (exact) mass is 263 g/mol. The lowest BCUT2D eigenvalue weighted by Crippen LogP contribution is -2.13. The van der Waals surface area contributed by atoms with Crippen molar-refractivity contribution in [3.05, 3.63) is 24.0 Å². The zero-order valence-electron chi connectivity index (χ0n) is 11.3. The minimum Gasteiger partial charge on any atom is -0.399 e. The van der Waals surface area contributed by atoms with Crippen molar-refractivity contribution in [3.8, 4) is 0 Å². The van der Waals surface area contributed by atoms with Crippen LogP contribution >= 0.6 is 11.8 Å². The van der Waals surface area contributed by atoms with Gasteiger partial charge in [-0.1, -0.05) is 13.8 Å². The second-order valence-corrected chi connectivity index (χ2v) is 5.43. The van der Waals surface area contributed by atoms with E-state index >= 15 is 0 Å². The second-order valence-electron chi connectivity index (χ2n) is 4.52. The minimum absolute atomic E-state index is 0.517. The van der Waals surface area contributed by atoms with Crippen molar-refractivity contribution in [3.63, 3.8) is 0 Å². The first-order valence-electron chi connectivity index (χ1n) is 6.46. The molecule has 0 amide bonds. The van der Waals surface area contributed by atoms with E-state index in [1.165, 1.54) is 5.52 Å². The molecule has 4 heteroatoms. The Morgan fingerprint density at radius 3 is 2.78 bits per heavy atom. The predicted molar refractivity (Wildman–Crippen MR) is 81.2 cm³/mol. The molecule has 1 atom stereocenters. The highest BCUT2D eigenvalue weighted by Gasteiger charge is 2.16. The number of anilines is 1. The summed E-state index contributed by atoms with van der Waals surface area (Å²) in [5.74, 6) is 2.29. The van der Waals surface area contributed by atoms with Crippen LogP contribution in [0.25, 0.3) is 11.0 Å². The summed E-state index contributed by atoms with van der Waals surface area (Å²) < 4.78 is 2.39. The highest BCUT2D eigenvalue weighted by Crippen LogP contribution is 2.27. The van der Waals surface area contributed by atoms with Crippen LogP contribution in [-0.2, 0) is 6.42 Å². The number of nitrogens with two attached hydrogens (primary N) is 1. The summed E-state index contributed by atoms with van der Waals surface area (Å²) in [6, 6.07) is 6.55. The van der Waals surface area contributed by atoms with Crippen molar-refractivity contribution in [2.24, 2.45) is 0 Å². The van der Waals surface area contributed by atoms with Crippen LogP contribution in [0.15, 0.2) is 18.2 Å². The number of rotatable bonds is 5. The third kappa shape index (κ3) is 2.34. The quantitative estimate of drug-likeness (QED) is 0.840. The minimum atomic E-state index is 0.517. The Bertz CT molecular complexity index is 533. The molecule has 1 heterocycles. The number of nitrogen functional groups attached to an aromatic ring is 1. The third-order valence-corrected chi connectivity index (χ3v) is 4.02. The Morgan fingerprint density at radius 2 is 2.17 bits per heavy atom. The molecule has 0 spiro atoms.